The fraction of sp³-hybridized carbons (Fsp3) is 0.235. The van der Waals surface area contributed by atoms with E-state index < -0.39 is 0 Å². The van der Waals surface area contributed by atoms with Crippen LogP contribution in [0.3, 0.4) is 0 Å². The number of nitrogens with zero attached hydrogens (tertiary/aromatic N) is 1. The summed E-state index contributed by atoms with van der Waals surface area (Å²) in [7, 11) is 0. The van der Waals surface area contributed by atoms with Crippen molar-refractivity contribution in [3.63, 3.8) is 0 Å². The van der Waals surface area contributed by atoms with Gasteiger partial charge in [0.25, 0.3) is 0 Å². The maximum absolute atomic E-state index is 8.69. The van der Waals surface area contributed by atoms with Crippen LogP contribution < -0.4 is 9.47 Å². The Kier molecular flexibility index (Phi) is 5.83. The molecule has 0 unspecified atom stereocenters. The van der Waals surface area contributed by atoms with Crippen LogP contribution in [-0.2, 0) is 0 Å². The van der Waals surface area contributed by atoms with Crippen molar-refractivity contribution in [1.82, 2.24) is 0 Å². The molecule has 2 aromatic carbocycles. The Bertz CT molecular complexity index is 671. The van der Waals surface area contributed by atoms with E-state index >= 15 is 0 Å². The standard InChI is InChI=1S/C17H18BrNO3/c1-12-4-3-5-16(13(12)2)21-8-9-22-17-7-6-15(18)10-14(17)11-19-20/h3-7,10-11,20H,8-9H2,1-2H3. The van der Waals surface area contributed by atoms with E-state index in [2.05, 4.69) is 34.1 Å². The SMILES string of the molecule is Cc1cccc(OCCOc2ccc(Br)cc2C=NO)c1C. The number of halogens is 1. The second-order valence-corrected chi connectivity index (χ2v) is 5.74. The van der Waals surface area contributed by atoms with Crippen LogP contribution in [0.5, 0.6) is 11.5 Å². The highest BCUT2D eigenvalue weighted by atomic mass is 79.9. The molecule has 116 valence electrons. The van der Waals surface area contributed by atoms with Crippen LogP contribution in [0.2, 0.25) is 0 Å². The third kappa shape index (κ3) is 4.24. The molecule has 0 aliphatic heterocycles. The Labute approximate surface area is 138 Å². The minimum absolute atomic E-state index is 0.404. The minimum atomic E-state index is 0.404. The third-order valence-corrected chi connectivity index (χ3v) is 3.82. The summed E-state index contributed by atoms with van der Waals surface area (Å²) in [5.41, 5.74) is 3.04. The van der Waals surface area contributed by atoms with E-state index in [4.69, 9.17) is 14.7 Å². The van der Waals surface area contributed by atoms with Crippen molar-refractivity contribution in [3.8, 4) is 11.5 Å². The van der Waals surface area contributed by atoms with Crippen LogP contribution in [0.15, 0.2) is 46.0 Å². The molecular formula is C17H18BrNO3. The Hall–Kier alpha value is -2.01. The van der Waals surface area contributed by atoms with Crippen LogP contribution >= 0.6 is 15.9 Å². The molecule has 0 bridgehead atoms. The van der Waals surface area contributed by atoms with Gasteiger partial charge in [0, 0.05) is 10.0 Å². The summed E-state index contributed by atoms with van der Waals surface area (Å²) in [4.78, 5) is 0. The van der Waals surface area contributed by atoms with E-state index in [1.807, 2.05) is 37.3 Å². The maximum atomic E-state index is 8.69. The molecule has 2 aromatic rings. The number of rotatable bonds is 6. The predicted octanol–water partition coefficient (Wildman–Crippen LogP) is 4.33. The smallest absolute Gasteiger partial charge is 0.128 e. The van der Waals surface area contributed by atoms with Gasteiger partial charge in [-0.15, -0.1) is 0 Å². The topological polar surface area (TPSA) is 51.0 Å². The molecule has 0 aromatic heterocycles. The number of aryl methyl sites for hydroxylation is 1. The molecule has 0 amide bonds. The van der Waals surface area contributed by atoms with Crippen LogP contribution in [0.4, 0.5) is 0 Å². The van der Waals surface area contributed by atoms with Gasteiger partial charge in [-0.05, 0) is 49.2 Å². The highest BCUT2D eigenvalue weighted by molar-refractivity contribution is 9.10. The van der Waals surface area contributed by atoms with Crippen molar-refractivity contribution in [3.05, 3.63) is 57.6 Å². The fourth-order valence-corrected chi connectivity index (χ4v) is 2.38. The van der Waals surface area contributed by atoms with Gasteiger partial charge in [-0.1, -0.05) is 33.2 Å². The lowest BCUT2D eigenvalue weighted by Crippen LogP contribution is -2.10. The Balaban J connectivity index is 1.93. The number of benzene rings is 2. The van der Waals surface area contributed by atoms with Gasteiger partial charge < -0.3 is 14.7 Å². The van der Waals surface area contributed by atoms with Crippen molar-refractivity contribution in [2.45, 2.75) is 13.8 Å². The van der Waals surface area contributed by atoms with Gasteiger partial charge in [0.2, 0.25) is 0 Å². The normalized spacial score (nSPS) is 10.9. The highest BCUT2D eigenvalue weighted by Crippen LogP contribution is 2.23. The summed E-state index contributed by atoms with van der Waals surface area (Å²) in [6.07, 6.45) is 1.34. The van der Waals surface area contributed by atoms with Crippen molar-refractivity contribution in [2.24, 2.45) is 5.16 Å². The maximum Gasteiger partial charge on any atom is 0.128 e. The molecule has 0 aliphatic carbocycles. The van der Waals surface area contributed by atoms with Crippen molar-refractivity contribution in [1.29, 1.82) is 0 Å². The average Bonchev–Trinajstić information content (AvgIpc) is 2.50. The first-order valence-electron chi connectivity index (χ1n) is 6.90. The lowest BCUT2D eigenvalue weighted by atomic mass is 10.1. The molecule has 0 aliphatic rings. The monoisotopic (exact) mass is 363 g/mol. The van der Waals surface area contributed by atoms with Gasteiger partial charge in [-0.25, -0.2) is 0 Å². The zero-order chi connectivity index (χ0) is 15.9. The summed E-state index contributed by atoms with van der Waals surface area (Å²) >= 11 is 3.37. The van der Waals surface area contributed by atoms with E-state index in [0.717, 1.165) is 15.8 Å². The average molecular weight is 364 g/mol. The Morgan fingerprint density at radius 1 is 1.09 bits per heavy atom. The van der Waals surface area contributed by atoms with Gasteiger partial charge in [-0.2, -0.15) is 0 Å². The summed E-state index contributed by atoms with van der Waals surface area (Å²) in [6, 6.07) is 11.5. The molecule has 22 heavy (non-hydrogen) atoms. The predicted molar refractivity (Wildman–Crippen MR) is 90.4 cm³/mol. The van der Waals surface area contributed by atoms with Crippen LogP contribution in [0.25, 0.3) is 0 Å². The summed E-state index contributed by atoms with van der Waals surface area (Å²) in [5, 5.41) is 11.7. The van der Waals surface area contributed by atoms with Crippen LogP contribution in [0.1, 0.15) is 16.7 Å². The van der Waals surface area contributed by atoms with Gasteiger partial charge >= 0.3 is 0 Å². The number of hydrogen-bond donors (Lipinski definition) is 1. The molecule has 0 heterocycles. The first kappa shape index (κ1) is 16.4. The summed E-state index contributed by atoms with van der Waals surface area (Å²) < 4.78 is 12.3. The zero-order valence-corrected chi connectivity index (χ0v) is 14.1. The Morgan fingerprint density at radius 2 is 1.82 bits per heavy atom. The zero-order valence-electron chi connectivity index (χ0n) is 12.5. The fourth-order valence-electron chi connectivity index (χ4n) is 2.00. The van der Waals surface area contributed by atoms with Crippen molar-refractivity contribution >= 4 is 22.1 Å². The van der Waals surface area contributed by atoms with Gasteiger partial charge in [0.15, 0.2) is 0 Å². The van der Waals surface area contributed by atoms with Crippen molar-refractivity contribution in [2.75, 3.05) is 13.2 Å². The highest BCUT2D eigenvalue weighted by Gasteiger charge is 2.04. The van der Waals surface area contributed by atoms with Gasteiger partial charge in [0.1, 0.15) is 24.7 Å². The molecule has 1 N–H and O–H groups in total. The van der Waals surface area contributed by atoms with Crippen LogP contribution in [0, 0.1) is 13.8 Å². The van der Waals surface area contributed by atoms with E-state index in [9.17, 15) is 0 Å². The molecular weight excluding hydrogens is 346 g/mol. The number of ether oxygens (including phenoxy) is 2. The minimum Gasteiger partial charge on any atom is -0.490 e. The molecule has 0 atom stereocenters. The third-order valence-electron chi connectivity index (χ3n) is 3.32. The lowest BCUT2D eigenvalue weighted by Gasteiger charge is -2.12. The molecule has 5 heteroatoms. The van der Waals surface area contributed by atoms with Gasteiger partial charge in [0.05, 0.1) is 6.21 Å². The second kappa shape index (κ2) is 7.84. The van der Waals surface area contributed by atoms with E-state index in [-0.39, 0.29) is 0 Å². The number of oxime groups is 1. The molecule has 0 fully saturated rings. The molecule has 0 saturated carbocycles. The van der Waals surface area contributed by atoms with Crippen molar-refractivity contribution < 1.29 is 14.7 Å². The quantitative estimate of drug-likeness (QED) is 0.359. The summed E-state index contributed by atoms with van der Waals surface area (Å²) in [6.45, 7) is 4.94. The van der Waals surface area contributed by atoms with E-state index in [1.165, 1.54) is 11.8 Å². The molecule has 2 rings (SSSR count). The second-order valence-electron chi connectivity index (χ2n) is 4.82. The van der Waals surface area contributed by atoms with E-state index in [1.54, 1.807) is 0 Å². The first-order valence-corrected chi connectivity index (χ1v) is 7.70. The van der Waals surface area contributed by atoms with Gasteiger partial charge in [-0.3, -0.25) is 0 Å². The molecule has 0 saturated heterocycles. The first-order chi connectivity index (χ1) is 10.6. The summed E-state index contributed by atoms with van der Waals surface area (Å²) in [5.74, 6) is 1.52. The Morgan fingerprint density at radius 3 is 2.55 bits per heavy atom. The lowest BCUT2D eigenvalue weighted by molar-refractivity contribution is 0.216. The molecule has 0 radical (unpaired) electrons. The van der Waals surface area contributed by atoms with Crippen LogP contribution in [-0.4, -0.2) is 24.6 Å². The van der Waals surface area contributed by atoms with E-state index in [0.29, 0.717) is 24.5 Å². The molecule has 4 nitrogen and oxygen atoms in total. The largest absolute Gasteiger partial charge is 0.490 e. The molecule has 0 spiro atoms. The number of hydrogen-bond acceptors (Lipinski definition) is 4.